The van der Waals surface area contributed by atoms with Gasteiger partial charge >= 0.3 is 0 Å². The molecule has 0 atom stereocenters. The molecule has 0 aliphatic heterocycles. The van der Waals surface area contributed by atoms with Crippen molar-refractivity contribution in [2.24, 2.45) is 5.10 Å². The summed E-state index contributed by atoms with van der Waals surface area (Å²) in [7, 11) is 0. The van der Waals surface area contributed by atoms with Gasteiger partial charge in [-0.2, -0.15) is 9.78 Å². The molecule has 0 saturated heterocycles. The molecular weight excluding hydrogens is 536 g/mol. The maximum atomic E-state index is 13.1. The highest BCUT2D eigenvalue weighted by Crippen LogP contribution is 2.28. The monoisotopic (exact) mass is 562 g/mol. The van der Waals surface area contributed by atoms with Gasteiger partial charge in [-0.25, -0.2) is 4.98 Å². The molecular formula is C28H27BrN4O4. The van der Waals surface area contributed by atoms with Crippen LogP contribution in [0.25, 0.3) is 10.9 Å². The second-order valence-electron chi connectivity index (χ2n) is 8.25. The summed E-state index contributed by atoms with van der Waals surface area (Å²) in [4.78, 5) is 30.0. The molecule has 9 heteroatoms. The second-order valence-corrected chi connectivity index (χ2v) is 9.16. The van der Waals surface area contributed by atoms with Crippen molar-refractivity contribution in [1.82, 2.24) is 9.66 Å². The molecule has 0 spiro atoms. The highest BCUT2D eigenvalue weighted by molar-refractivity contribution is 9.10. The lowest BCUT2D eigenvalue weighted by Crippen LogP contribution is -2.22. The summed E-state index contributed by atoms with van der Waals surface area (Å²) in [5.74, 6) is 1.18. The van der Waals surface area contributed by atoms with Crippen LogP contribution >= 0.6 is 15.9 Å². The Balaban J connectivity index is 1.53. The number of nitrogens with zero attached hydrogens (tertiary/aromatic N) is 3. The minimum absolute atomic E-state index is 0.172. The molecule has 3 aromatic carbocycles. The van der Waals surface area contributed by atoms with E-state index in [0.29, 0.717) is 52.5 Å². The number of halogens is 1. The molecule has 190 valence electrons. The van der Waals surface area contributed by atoms with Crippen LogP contribution in [0, 0.1) is 6.92 Å². The van der Waals surface area contributed by atoms with Crippen molar-refractivity contribution in [3.63, 3.8) is 0 Å². The number of rotatable bonds is 9. The van der Waals surface area contributed by atoms with E-state index in [1.807, 2.05) is 57.2 Å². The van der Waals surface area contributed by atoms with Crippen LogP contribution in [-0.2, 0) is 11.2 Å². The van der Waals surface area contributed by atoms with Crippen molar-refractivity contribution in [3.05, 3.63) is 92.4 Å². The van der Waals surface area contributed by atoms with Gasteiger partial charge < -0.3 is 14.8 Å². The maximum Gasteiger partial charge on any atom is 0.282 e. The molecule has 0 aliphatic rings. The van der Waals surface area contributed by atoms with Gasteiger partial charge in [0.05, 0.1) is 23.7 Å². The van der Waals surface area contributed by atoms with Gasteiger partial charge in [0, 0.05) is 16.6 Å². The van der Waals surface area contributed by atoms with E-state index in [1.54, 1.807) is 30.5 Å². The van der Waals surface area contributed by atoms with Crippen molar-refractivity contribution < 1.29 is 14.3 Å². The van der Waals surface area contributed by atoms with Crippen molar-refractivity contribution in [2.45, 2.75) is 27.2 Å². The Hall–Kier alpha value is -3.98. The number of anilines is 1. The fourth-order valence-corrected chi connectivity index (χ4v) is 4.00. The van der Waals surface area contributed by atoms with E-state index in [9.17, 15) is 9.59 Å². The number of ether oxygens (including phenoxy) is 2. The van der Waals surface area contributed by atoms with Gasteiger partial charge in [-0.05, 0) is 67.9 Å². The third-order valence-electron chi connectivity index (χ3n) is 5.48. The Morgan fingerprint density at radius 3 is 2.57 bits per heavy atom. The zero-order valence-corrected chi connectivity index (χ0v) is 22.4. The first-order chi connectivity index (χ1) is 17.9. The molecule has 37 heavy (non-hydrogen) atoms. The number of aromatic nitrogens is 2. The molecule has 0 bridgehead atoms. The lowest BCUT2D eigenvalue weighted by atomic mass is 10.2. The molecule has 1 heterocycles. The number of hydrogen-bond acceptors (Lipinski definition) is 6. The van der Waals surface area contributed by atoms with Gasteiger partial charge in [0.25, 0.3) is 11.5 Å². The number of amides is 1. The van der Waals surface area contributed by atoms with Gasteiger partial charge in [0.15, 0.2) is 18.1 Å². The average molecular weight is 563 g/mol. The van der Waals surface area contributed by atoms with E-state index >= 15 is 0 Å². The standard InChI is InChI=1S/C28H27BrN4O4/c1-4-26-32-23-12-9-20(29)15-22(23)28(35)33(26)30-16-19-8-13-24(25(14-19)36-5-2)37-17-27(34)31-21-10-6-18(3)7-11-21/h6-16H,4-5,17H2,1-3H3,(H,31,34). The first-order valence-corrected chi connectivity index (χ1v) is 12.7. The van der Waals surface area contributed by atoms with E-state index in [1.165, 1.54) is 4.68 Å². The lowest BCUT2D eigenvalue weighted by Gasteiger charge is -2.13. The summed E-state index contributed by atoms with van der Waals surface area (Å²) in [6.45, 7) is 6.01. The minimum Gasteiger partial charge on any atom is -0.490 e. The predicted octanol–water partition coefficient (Wildman–Crippen LogP) is 5.33. The Bertz CT molecular complexity index is 1510. The number of carbonyl (C=O) groups excluding carboxylic acids is 1. The van der Waals surface area contributed by atoms with Gasteiger partial charge in [0.1, 0.15) is 5.82 Å². The smallest absolute Gasteiger partial charge is 0.282 e. The van der Waals surface area contributed by atoms with Crippen molar-refractivity contribution in [2.75, 3.05) is 18.5 Å². The Kier molecular flexibility index (Phi) is 8.35. The molecule has 4 aromatic rings. The van der Waals surface area contributed by atoms with Crippen LogP contribution in [0.4, 0.5) is 5.69 Å². The quantitative estimate of drug-likeness (QED) is 0.278. The van der Waals surface area contributed by atoms with Crippen molar-refractivity contribution in [3.8, 4) is 11.5 Å². The third-order valence-corrected chi connectivity index (χ3v) is 5.97. The zero-order valence-electron chi connectivity index (χ0n) is 20.8. The van der Waals surface area contributed by atoms with E-state index in [4.69, 9.17) is 9.47 Å². The first-order valence-electron chi connectivity index (χ1n) is 11.9. The van der Waals surface area contributed by atoms with Crippen molar-refractivity contribution >= 4 is 44.6 Å². The number of hydrogen-bond donors (Lipinski definition) is 1. The molecule has 0 saturated carbocycles. The largest absolute Gasteiger partial charge is 0.490 e. The first kappa shape index (κ1) is 26.1. The van der Waals surface area contributed by atoms with Crippen LogP contribution < -0.4 is 20.3 Å². The van der Waals surface area contributed by atoms with Crippen LogP contribution in [0.1, 0.15) is 30.8 Å². The number of carbonyl (C=O) groups is 1. The zero-order chi connectivity index (χ0) is 26.4. The van der Waals surface area contributed by atoms with E-state index in [-0.39, 0.29) is 18.1 Å². The third kappa shape index (κ3) is 6.42. The summed E-state index contributed by atoms with van der Waals surface area (Å²) in [5, 5.41) is 7.71. The van der Waals surface area contributed by atoms with E-state index < -0.39 is 0 Å². The molecule has 0 aliphatic carbocycles. The summed E-state index contributed by atoms with van der Waals surface area (Å²) < 4.78 is 13.6. The molecule has 4 rings (SSSR count). The highest BCUT2D eigenvalue weighted by Gasteiger charge is 2.12. The lowest BCUT2D eigenvalue weighted by molar-refractivity contribution is -0.118. The molecule has 0 unspecified atom stereocenters. The van der Waals surface area contributed by atoms with Crippen LogP contribution in [-0.4, -0.2) is 35.0 Å². The SMILES string of the molecule is CCOc1cc(C=Nn2c(CC)nc3ccc(Br)cc3c2=O)ccc1OCC(=O)Nc1ccc(C)cc1. The van der Waals surface area contributed by atoms with E-state index in [0.717, 1.165) is 10.0 Å². The molecule has 1 N–H and O–H groups in total. The van der Waals surface area contributed by atoms with Gasteiger partial charge in [-0.3, -0.25) is 9.59 Å². The Morgan fingerprint density at radius 1 is 1.05 bits per heavy atom. The van der Waals surface area contributed by atoms with Gasteiger partial charge in [0.2, 0.25) is 0 Å². The molecule has 1 amide bonds. The molecule has 8 nitrogen and oxygen atoms in total. The summed E-state index contributed by atoms with van der Waals surface area (Å²) >= 11 is 3.41. The second kappa shape index (κ2) is 11.8. The van der Waals surface area contributed by atoms with Crippen LogP contribution in [0.2, 0.25) is 0 Å². The average Bonchev–Trinajstić information content (AvgIpc) is 2.89. The fourth-order valence-electron chi connectivity index (χ4n) is 3.64. The van der Waals surface area contributed by atoms with Gasteiger partial charge in [-0.15, -0.1) is 0 Å². The Labute approximate surface area is 223 Å². The highest BCUT2D eigenvalue weighted by atomic mass is 79.9. The minimum atomic E-state index is -0.279. The molecule has 0 fully saturated rings. The van der Waals surface area contributed by atoms with E-state index in [2.05, 4.69) is 31.3 Å². The fraction of sp³-hybridized carbons (Fsp3) is 0.214. The van der Waals surface area contributed by atoms with Crippen LogP contribution in [0.15, 0.2) is 75.0 Å². The Morgan fingerprint density at radius 2 is 1.84 bits per heavy atom. The van der Waals surface area contributed by atoms with Gasteiger partial charge in [-0.1, -0.05) is 40.5 Å². The normalized spacial score (nSPS) is 11.1. The van der Waals surface area contributed by atoms with Crippen LogP contribution in [0.5, 0.6) is 11.5 Å². The number of benzene rings is 3. The van der Waals surface area contributed by atoms with Crippen LogP contribution in [0.3, 0.4) is 0 Å². The summed E-state index contributed by atoms with van der Waals surface area (Å²) in [6, 6.07) is 18.2. The number of nitrogens with one attached hydrogen (secondary N) is 1. The van der Waals surface area contributed by atoms with Crippen molar-refractivity contribution in [1.29, 1.82) is 0 Å². The maximum absolute atomic E-state index is 13.1. The number of aryl methyl sites for hydroxylation is 2. The molecule has 1 aromatic heterocycles. The predicted molar refractivity (Wildman–Crippen MR) is 149 cm³/mol. The summed E-state index contributed by atoms with van der Waals surface area (Å²) in [6.07, 6.45) is 2.11. The molecule has 0 radical (unpaired) electrons. The number of fused-ring (bicyclic) bond motifs is 1. The topological polar surface area (TPSA) is 94.8 Å². The summed E-state index contributed by atoms with van der Waals surface area (Å²) in [5.41, 5.74) is 2.89.